The molecule has 2 heteroatoms. The average molecular weight is 689 g/mol. The lowest BCUT2D eigenvalue weighted by atomic mass is 9.92. The Labute approximate surface area is 316 Å². The van der Waals surface area contributed by atoms with Gasteiger partial charge in [-0.1, -0.05) is 121 Å². The predicted octanol–water partition coefficient (Wildman–Crippen LogP) is 13.8. The zero-order valence-electron chi connectivity index (χ0n) is 29.7. The van der Waals surface area contributed by atoms with Crippen LogP contribution in [0.5, 0.6) is 0 Å². The Kier molecular flexibility index (Phi) is 8.99. The van der Waals surface area contributed by atoms with Crippen LogP contribution in [0.1, 0.15) is 0 Å². The molecule has 0 amide bonds. The van der Waals surface area contributed by atoms with Crippen LogP contribution in [0.4, 0.5) is 0 Å². The van der Waals surface area contributed by atoms with Crippen LogP contribution in [0, 0.1) is 0 Å². The molecule has 54 heavy (non-hydrogen) atoms. The molecule has 0 N–H and O–H groups in total. The molecule has 0 spiro atoms. The summed E-state index contributed by atoms with van der Waals surface area (Å²) in [6.45, 7) is 0. The van der Waals surface area contributed by atoms with Gasteiger partial charge in [-0.05, 0) is 162 Å². The monoisotopic (exact) mass is 688 g/mol. The molecule has 0 fully saturated rings. The van der Waals surface area contributed by atoms with Gasteiger partial charge in [-0.3, -0.25) is 9.97 Å². The van der Waals surface area contributed by atoms with Crippen molar-refractivity contribution in [3.05, 3.63) is 219 Å². The Morgan fingerprint density at radius 2 is 0.370 bits per heavy atom. The van der Waals surface area contributed by atoms with Gasteiger partial charge in [0.15, 0.2) is 0 Å². The highest BCUT2D eigenvalue weighted by atomic mass is 14.6. The number of hydrogen-bond acceptors (Lipinski definition) is 2. The van der Waals surface area contributed by atoms with Crippen molar-refractivity contribution in [1.82, 2.24) is 9.97 Å². The van der Waals surface area contributed by atoms with Crippen LogP contribution in [0.3, 0.4) is 0 Å². The van der Waals surface area contributed by atoms with E-state index < -0.39 is 0 Å². The quantitative estimate of drug-likeness (QED) is 0.159. The highest BCUT2D eigenvalue weighted by Gasteiger charge is 2.11. The summed E-state index contributed by atoms with van der Waals surface area (Å²) in [6, 6.07) is 69.9. The molecule has 9 aromatic rings. The van der Waals surface area contributed by atoms with Gasteiger partial charge in [0.1, 0.15) is 0 Å². The first-order valence-electron chi connectivity index (χ1n) is 18.3. The number of nitrogens with zero attached hydrogens (tertiary/aromatic N) is 2. The zero-order chi connectivity index (χ0) is 36.1. The molecule has 0 radical (unpaired) electrons. The van der Waals surface area contributed by atoms with Crippen molar-refractivity contribution in [1.29, 1.82) is 0 Å². The lowest BCUT2D eigenvalue weighted by Crippen LogP contribution is -1.88. The van der Waals surface area contributed by atoms with Gasteiger partial charge in [0.2, 0.25) is 0 Å². The van der Waals surface area contributed by atoms with E-state index in [9.17, 15) is 0 Å². The largest absolute Gasteiger partial charge is 0.265 e. The smallest absolute Gasteiger partial charge is 0.0273 e. The van der Waals surface area contributed by atoms with Crippen molar-refractivity contribution in [2.45, 2.75) is 0 Å². The Morgan fingerprint density at radius 1 is 0.167 bits per heavy atom. The molecule has 2 aromatic heterocycles. The summed E-state index contributed by atoms with van der Waals surface area (Å²) in [5, 5.41) is 0. The maximum atomic E-state index is 4.24. The minimum atomic E-state index is 1.14. The molecule has 2 nitrogen and oxygen atoms in total. The molecule has 254 valence electrons. The summed E-state index contributed by atoms with van der Waals surface area (Å²) in [7, 11) is 0. The minimum Gasteiger partial charge on any atom is -0.265 e. The van der Waals surface area contributed by atoms with Gasteiger partial charge in [-0.15, -0.1) is 0 Å². The van der Waals surface area contributed by atoms with Crippen LogP contribution in [0.25, 0.3) is 89.0 Å². The fraction of sp³-hybridized carbons (Fsp3) is 0. The fourth-order valence-corrected chi connectivity index (χ4v) is 7.24. The normalized spacial score (nSPS) is 11.0. The van der Waals surface area contributed by atoms with E-state index in [4.69, 9.17) is 0 Å². The average Bonchev–Trinajstić information content (AvgIpc) is 3.27. The molecule has 0 aliphatic carbocycles. The van der Waals surface area contributed by atoms with Crippen LogP contribution in [-0.2, 0) is 0 Å². The first-order chi connectivity index (χ1) is 26.7. The van der Waals surface area contributed by atoms with Crippen LogP contribution in [0.2, 0.25) is 0 Å². The summed E-state index contributed by atoms with van der Waals surface area (Å²) in [5.41, 5.74) is 18.9. The second-order valence-electron chi connectivity index (χ2n) is 13.5. The third kappa shape index (κ3) is 7.01. The van der Waals surface area contributed by atoms with Gasteiger partial charge in [-0.2, -0.15) is 0 Å². The topological polar surface area (TPSA) is 25.8 Å². The van der Waals surface area contributed by atoms with Crippen molar-refractivity contribution in [3.8, 4) is 89.0 Å². The number of benzene rings is 7. The van der Waals surface area contributed by atoms with Crippen LogP contribution in [-0.4, -0.2) is 9.97 Å². The van der Waals surface area contributed by atoms with Gasteiger partial charge < -0.3 is 0 Å². The van der Waals surface area contributed by atoms with Crippen molar-refractivity contribution < 1.29 is 0 Å². The van der Waals surface area contributed by atoms with Gasteiger partial charge in [0, 0.05) is 24.8 Å². The molecule has 7 aromatic carbocycles. The predicted molar refractivity (Wildman–Crippen MR) is 226 cm³/mol. The first kappa shape index (κ1) is 32.7. The van der Waals surface area contributed by atoms with Gasteiger partial charge in [0.05, 0.1) is 0 Å². The number of hydrogen-bond donors (Lipinski definition) is 0. The van der Waals surface area contributed by atoms with Crippen molar-refractivity contribution >= 4 is 0 Å². The molecule has 0 aliphatic rings. The third-order valence-corrected chi connectivity index (χ3v) is 10.0. The van der Waals surface area contributed by atoms with E-state index in [1.54, 1.807) is 0 Å². The van der Waals surface area contributed by atoms with Crippen molar-refractivity contribution in [3.63, 3.8) is 0 Å². The summed E-state index contributed by atoms with van der Waals surface area (Å²) in [5.74, 6) is 0. The van der Waals surface area contributed by atoms with Crippen molar-refractivity contribution in [2.75, 3.05) is 0 Å². The Morgan fingerprint density at radius 3 is 0.685 bits per heavy atom. The standard InChI is InChI=1S/C52H36N2/c1-2-9-37(10-3-1)40-11-4-12-41(29-40)42-13-5-14-43(30-42)44-15-6-16-45(31-44)46-17-7-18-47(32-46)48-19-8-20-49(33-48)52-35-50(38-21-25-53-26-22-38)34-51(36-52)39-23-27-54-28-24-39/h1-36H. The maximum Gasteiger partial charge on any atom is 0.0273 e. The van der Waals surface area contributed by atoms with E-state index in [1.807, 2.05) is 24.8 Å². The van der Waals surface area contributed by atoms with E-state index in [2.05, 4.69) is 204 Å². The molecule has 0 saturated heterocycles. The minimum absolute atomic E-state index is 1.14. The van der Waals surface area contributed by atoms with Gasteiger partial charge in [0.25, 0.3) is 0 Å². The lowest BCUT2D eigenvalue weighted by Gasteiger charge is -2.13. The van der Waals surface area contributed by atoms with Crippen molar-refractivity contribution in [2.24, 2.45) is 0 Å². The number of pyridine rings is 2. The second-order valence-corrected chi connectivity index (χ2v) is 13.5. The van der Waals surface area contributed by atoms with E-state index in [1.165, 1.54) is 61.2 Å². The summed E-state index contributed by atoms with van der Waals surface area (Å²) in [4.78, 5) is 8.49. The molecule has 0 saturated carbocycles. The molecule has 2 heterocycles. The van der Waals surface area contributed by atoms with E-state index in [0.29, 0.717) is 0 Å². The summed E-state index contributed by atoms with van der Waals surface area (Å²) in [6.07, 6.45) is 7.39. The number of rotatable bonds is 8. The zero-order valence-corrected chi connectivity index (χ0v) is 29.7. The van der Waals surface area contributed by atoms with E-state index in [-0.39, 0.29) is 0 Å². The van der Waals surface area contributed by atoms with Crippen LogP contribution in [0.15, 0.2) is 219 Å². The Hall–Kier alpha value is -7.16. The SMILES string of the molecule is c1ccc(-c2cccc(-c3cccc(-c4cccc(-c5cccc(-c6cccc(-c7cc(-c8ccncc8)cc(-c8ccncc8)c7)c6)c5)c4)c3)c2)cc1. The molecular weight excluding hydrogens is 653 g/mol. The third-order valence-electron chi connectivity index (χ3n) is 10.0. The molecule has 9 rings (SSSR count). The molecule has 0 aliphatic heterocycles. The first-order valence-corrected chi connectivity index (χ1v) is 18.3. The molecule has 0 unspecified atom stereocenters. The Bertz CT molecular complexity index is 2640. The summed E-state index contributed by atoms with van der Waals surface area (Å²) < 4.78 is 0. The summed E-state index contributed by atoms with van der Waals surface area (Å²) >= 11 is 0. The lowest BCUT2D eigenvalue weighted by molar-refractivity contribution is 1.33. The molecule has 0 bridgehead atoms. The van der Waals surface area contributed by atoms with E-state index in [0.717, 1.165) is 27.8 Å². The highest BCUT2D eigenvalue weighted by Crippen LogP contribution is 2.36. The molecule has 0 atom stereocenters. The second kappa shape index (κ2) is 14.8. The van der Waals surface area contributed by atoms with Gasteiger partial charge >= 0.3 is 0 Å². The maximum absolute atomic E-state index is 4.24. The Balaban J connectivity index is 1.03. The van der Waals surface area contributed by atoms with E-state index >= 15 is 0 Å². The molecular formula is C52H36N2. The fourth-order valence-electron chi connectivity index (χ4n) is 7.24. The van der Waals surface area contributed by atoms with Gasteiger partial charge in [-0.25, -0.2) is 0 Å². The van der Waals surface area contributed by atoms with Crippen LogP contribution >= 0.6 is 0 Å². The van der Waals surface area contributed by atoms with Crippen LogP contribution < -0.4 is 0 Å². The number of aromatic nitrogens is 2. The highest BCUT2D eigenvalue weighted by molar-refractivity contribution is 5.84.